The second-order valence-corrected chi connectivity index (χ2v) is 4.22. The molecule has 0 aliphatic carbocycles. The number of nitrogens with two attached hydrogens (primary N) is 1. The summed E-state index contributed by atoms with van der Waals surface area (Å²) in [7, 11) is 1.40. The van der Waals surface area contributed by atoms with Crippen molar-refractivity contribution in [3.05, 3.63) is 53.3 Å². The zero-order valence-corrected chi connectivity index (χ0v) is 11.2. The molecule has 6 heteroatoms. The lowest BCUT2D eigenvalue weighted by Gasteiger charge is -2.09. The number of ether oxygens (including phenoxy) is 1. The van der Waals surface area contributed by atoms with Gasteiger partial charge in [-0.3, -0.25) is 4.79 Å². The number of carbonyl (C=O) groups excluding carboxylic acids is 1. The number of methoxy groups -OCH3 is 1. The summed E-state index contributed by atoms with van der Waals surface area (Å²) >= 11 is 0. The van der Waals surface area contributed by atoms with Crippen molar-refractivity contribution in [2.75, 3.05) is 18.2 Å². The van der Waals surface area contributed by atoms with E-state index < -0.39 is 11.7 Å². The number of nitrogens with zero attached hydrogens (tertiary/aromatic N) is 1. The van der Waals surface area contributed by atoms with Gasteiger partial charge >= 0.3 is 0 Å². The second-order valence-electron chi connectivity index (χ2n) is 4.22. The van der Waals surface area contributed by atoms with E-state index in [4.69, 9.17) is 15.7 Å². The minimum Gasteiger partial charge on any atom is -0.497 e. The van der Waals surface area contributed by atoms with Gasteiger partial charge in [-0.1, -0.05) is 0 Å². The van der Waals surface area contributed by atoms with Crippen LogP contribution in [-0.2, 0) is 0 Å². The van der Waals surface area contributed by atoms with Gasteiger partial charge in [-0.2, -0.15) is 5.26 Å². The van der Waals surface area contributed by atoms with E-state index in [1.54, 1.807) is 6.07 Å². The quantitative estimate of drug-likeness (QED) is 0.848. The number of hydrogen-bond donors (Lipinski definition) is 2. The first kappa shape index (κ1) is 14.3. The third-order valence-corrected chi connectivity index (χ3v) is 2.83. The summed E-state index contributed by atoms with van der Waals surface area (Å²) in [5.41, 5.74) is 6.30. The normalized spacial score (nSPS) is 9.76. The van der Waals surface area contributed by atoms with Crippen LogP contribution < -0.4 is 15.8 Å². The van der Waals surface area contributed by atoms with Crippen molar-refractivity contribution in [1.82, 2.24) is 0 Å². The number of benzene rings is 2. The zero-order chi connectivity index (χ0) is 15.4. The van der Waals surface area contributed by atoms with Crippen LogP contribution in [0.4, 0.5) is 15.8 Å². The van der Waals surface area contributed by atoms with E-state index in [2.05, 4.69) is 5.32 Å². The summed E-state index contributed by atoms with van der Waals surface area (Å²) < 4.78 is 18.7. The molecule has 0 bridgehead atoms. The number of nitriles is 1. The van der Waals surface area contributed by atoms with Gasteiger partial charge in [0, 0.05) is 11.8 Å². The maximum Gasteiger partial charge on any atom is 0.258 e. The third kappa shape index (κ3) is 3.09. The van der Waals surface area contributed by atoms with Crippen molar-refractivity contribution in [2.45, 2.75) is 0 Å². The summed E-state index contributed by atoms with van der Waals surface area (Å²) in [5, 5.41) is 11.5. The minimum atomic E-state index is -0.708. The van der Waals surface area contributed by atoms with E-state index in [1.807, 2.05) is 6.07 Å². The Morgan fingerprint density at radius 1 is 1.33 bits per heavy atom. The average Bonchev–Trinajstić information content (AvgIpc) is 2.48. The fraction of sp³-hybridized carbons (Fsp3) is 0.0667. The lowest BCUT2D eigenvalue weighted by Crippen LogP contribution is -2.14. The standard InChI is InChI=1S/C15H12FN3O2/c1-21-11-3-4-12(13(16)7-11)15(20)19-14-5-2-10(18)6-9(14)8-17/h2-7H,18H2,1H3,(H,19,20). The van der Waals surface area contributed by atoms with E-state index in [0.29, 0.717) is 11.4 Å². The molecule has 0 spiro atoms. The van der Waals surface area contributed by atoms with E-state index >= 15 is 0 Å². The monoisotopic (exact) mass is 285 g/mol. The molecular weight excluding hydrogens is 273 g/mol. The number of hydrogen-bond acceptors (Lipinski definition) is 4. The van der Waals surface area contributed by atoms with E-state index in [1.165, 1.54) is 31.4 Å². The van der Waals surface area contributed by atoms with Gasteiger partial charge in [0.25, 0.3) is 5.91 Å². The molecule has 0 saturated carbocycles. The third-order valence-electron chi connectivity index (χ3n) is 2.83. The lowest BCUT2D eigenvalue weighted by atomic mass is 10.1. The highest BCUT2D eigenvalue weighted by Crippen LogP contribution is 2.21. The van der Waals surface area contributed by atoms with Gasteiger partial charge in [0.1, 0.15) is 17.6 Å². The molecule has 2 aromatic rings. The number of nitrogens with one attached hydrogen (secondary N) is 1. The summed E-state index contributed by atoms with van der Waals surface area (Å²) in [6.07, 6.45) is 0. The highest BCUT2D eigenvalue weighted by Gasteiger charge is 2.14. The first-order valence-electron chi connectivity index (χ1n) is 5.99. The summed E-state index contributed by atoms with van der Waals surface area (Å²) in [4.78, 5) is 12.1. The number of amides is 1. The number of rotatable bonds is 3. The van der Waals surface area contributed by atoms with Crippen molar-refractivity contribution in [2.24, 2.45) is 0 Å². The van der Waals surface area contributed by atoms with Crippen LogP contribution in [0, 0.1) is 17.1 Å². The van der Waals surface area contributed by atoms with Crippen LogP contribution in [0.25, 0.3) is 0 Å². The average molecular weight is 285 g/mol. The Kier molecular flexibility index (Phi) is 4.05. The fourth-order valence-corrected chi connectivity index (χ4v) is 1.76. The highest BCUT2D eigenvalue weighted by atomic mass is 19.1. The van der Waals surface area contributed by atoms with Gasteiger partial charge in [-0.05, 0) is 30.3 Å². The molecule has 1 amide bonds. The van der Waals surface area contributed by atoms with Gasteiger partial charge in [0.2, 0.25) is 0 Å². The van der Waals surface area contributed by atoms with Crippen molar-refractivity contribution in [3.8, 4) is 11.8 Å². The van der Waals surface area contributed by atoms with E-state index in [0.717, 1.165) is 6.07 Å². The van der Waals surface area contributed by atoms with Crippen molar-refractivity contribution in [3.63, 3.8) is 0 Å². The van der Waals surface area contributed by atoms with Crippen LogP contribution in [0.2, 0.25) is 0 Å². The van der Waals surface area contributed by atoms with Crippen molar-refractivity contribution < 1.29 is 13.9 Å². The molecule has 106 valence electrons. The van der Waals surface area contributed by atoms with Crippen LogP contribution in [-0.4, -0.2) is 13.0 Å². The Morgan fingerprint density at radius 3 is 2.71 bits per heavy atom. The van der Waals surface area contributed by atoms with Gasteiger partial charge in [-0.15, -0.1) is 0 Å². The summed E-state index contributed by atoms with van der Waals surface area (Å²) in [6.45, 7) is 0. The molecule has 0 aliphatic heterocycles. The van der Waals surface area contributed by atoms with Crippen LogP contribution in [0.15, 0.2) is 36.4 Å². The van der Waals surface area contributed by atoms with Crippen LogP contribution >= 0.6 is 0 Å². The first-order chi connectivity index (χ1) is 10.0. The Hall–Kier alpha value is -3.07. The van der Waals surface area contributed by atoms with Crippen molar-refractivity contribution >= 4 is 17.3 Å². The second kappa shape index (κ2) is 5.92. The smallest absolute Gasteiger partial charge is 0.258 e. The topological polar surface area (TPSA) is 88.1 Å². The first-order valence-corrected chi connectivity index (χ1v) is 5.99. The Morgan fingerprint density at radius 2 is 2.10 bits per heavy atom. The largest absolute Gasteiger partial charge is 0.497 e. The molecule has 0 saturated heterocycles. The molecule has 2 aromatic carbocycles. The molecule has 0 fully saturated rings. The van der Waals surface area contributed by atoms with Crippen molar-refractivity contribution in [1.29, 1.82) is 5.26 Å². The van der Waals surface area contributed by atoms with Gasteiger partial charge in [0.15, 0.2) is 0 Å². The Bertz CT molecular complexity index is 738. The number of anilines is 2. The number of nitrogen functional groups attached to an aromatic ring is 1. The molecule has 0 aliphatic rings. The fourth-order valence-electron chi connectivity index (χ4n) is 1.76. The Balaban J connectivity index is 2.29. The maximum atomic E-state index is 13.8. The molecular formula is C15H12FN3O2. The molecule has 21 heavy (non-hydrogen) atoms. The van der Waals surface area contributed by atoms with Gasteiger partial charge in [0.05, 0.1) is 23.9 Å². The molecule has 2 rings (SSSR count). The van der Waals surface area contributed by atoms with Gasteiger partial charge < -0.3 is 15.8 Å². The SMILES string of the molecule is COc1ccc(C(=O)Nc2ccc(N)cc2C#N)c(F)c1. The molecule has 0 radical (unpaired) electrons. The number of halogens is 1. The molecule has 0 heterocycles. The number of carbonyl (C=O) groups is 1. The summed E-state index contributed by atoms with van der Waals surface area (Å²) in [5.74, 6) is -1.05. The summed E-state index contributed by atoms with van der Waals surface area (Å²) in [6, 6.07) is 10.3. The van der Waals surface area contributed by atoms with Crippen LogP contribution in [0.1, 0.15) is 15.9 Å². The zero-order valence-electron chi connectivity index (χ0n) is 11.2. The van der Waals surface area contributed by atoms with Crippen LogP contribution in [0.3, 0.4) is 0 Å². The Labute approximate surface area is 120 Å². The van der Waals surface area contributed by atoms with E-state index in [-0.39, 0.29) is 16.8 Å². The van der Waals surface area contributed by atoms with Gasteiger partial charge in [-0.25, -0.2) is 4.39 Å². The molecule has 5 nitrogen and oxygen atoms in total. The predicted molar refractivity (Wildman–Crippen MR) is 76.5 cm³/mol. The lowest BCUT2D eigenvalue weighted by molar-refractivity contribution is 0.102. The highest BCUT2D eigenvalue weighted by molar-refractivity contribution is 6.05. The maximum absolute atomic E-state index is 13.8. The minimum absolute atomic E-state index is 0.142. The molecule has 0 atom stereocenters. The van der Waals surface area contributed by atoms with Crippen LogP contribution in [0.5, 0.6) is 5.75 Å². The van der Waals surface area contributed by atoms with E-state index in [9.17, 15) is 9.18 Å². The molecule has 3 N–H and O–H groups in total. The predicted octanol–water partition coefficient (Wildman–Crippen LogP) is 2.54. The molecule has 0 aromatic heterocycles. The molecule has 0 unspecified atom stereocenters.